The molecule has 1 heterocycles. The maximum atomic E-state index is 12.1. The average molecular weight is 243 g/mol. The van der Waals surface area contributed by atoms with Gasteiger partial charge in [0, 0.05) is 16.9 Å². The summed E-state index contributed by atoms with van der Waals surface area (Å²) >= 11 is 0. The summed E-state index contributed by atoms with van der Waals surface area (Å²) < 4.78 is 0. The second-order valence-electron chi connectivity index (χ2n) is 4.65. The van der Waals surface area contributed by atoms with Gasteiger partial charge < -0.3 is 5.32 Å². The third-order valence-corrected chi connectivity index (χ3v) is 2.95. The lowest BCUT2D eigenvalue weighted by Gasteiger charge is -2.06. The Hall–Kier alpha value is -2.10. The van der Waals surface area contributed by atoms with Crippen molar-refractivity contribution in [2.24, 2.45) is 0 Å². The van der Waals surface area contributed by atoms with Gasteiger partial charge in [-0.1, -0.05) is 6.07 Å². The maximum absolute atomic E-state index is 12.1. The van der Waals surface area contributed by atoms with Crippen molar-refractivity contribution >= 4 is 11.6 Å². The van der Waals surface area contributed by atoms with Crippen molar-refractivity contribution in [3.05, 3.63) is 46.3 Å². The molecular weight excluding hydrogens is 226 g/mol. The fraction of sp³-hybridized carbons (Fsp3) is 0.286. The Morgan fingerprint density at radius 2 is 1.72 bits per heavy atom. The van der Waals surface area contributed by atoms with Crippen molar-refractivity contribution in [1.82, 2.24) is 10.2 Å². The number of nitrogens with zero attached hydrogens (tertiary/aromatic N) is 1. The zero-order valence-corrected chi connectivity index (χ0v) is 11.1. The minimum absolute atomic E-state index is 0.179. The predicted octanol–water partition coefficient (Wildman–Crippen LogP) is 2.90. The van der Waals surface area contributed by atoms with Crippen LogP contribution in [0.2, 0.25) is 0 Å². The van der Waals surface area contributed by atoms with Crippen molar-refractivity contribution in [1.29, 1.82) is 0 Å². The monoisotopic (exact) mass is 243 g/mol. The summed E-state index contributed by atoms with van der Waals surface area (Å²) in [5.41, 5.74) is 5.31. The van der Waals surface area contributed by atoms with Gasteiger partial charge in [0.2, 0.25) is 0 Å². The molecule has 0 fully saturated rings. The summed E-state index contributed by atoms with van der Waals surface area (Å²) in [7, 11) is 0. The highest BCUT2D eigenvalue weighted by molar-refractivity contribution is 6.04. The van der Waals surface area contributed by atoms with Gasteiger partial charge in [-0.05, 0) is 51.0 Å². The van der Waals surface area contributed by atoms with Crippen LogP contribution in [-0.2, 0) is 0 Å². The highest BCUT2D eigenvalue weighted by Crippen LogP contribution is 2.16. The third kappa shape index (κ3) is 2.42. The number of aromatic amines is 1. The molecule has 2 N–H and O–H groups in total. The number of hydrogen-bond acceptors (Lipinski definition) is 2. The minimum atomic E-state index is -0.179. The smallest absolute Gasteiger partial charge is 0.276 e. The lowest BCUT2D eigenvalue weighted by Crippen LogP contribution is -2.14. The first kappa shape index (κ1) is 12.4. The van der Waals surface area contributed by atoms with E-state index in [0.717, 1.165) is 28.1 Å². The number of aromatic nitrogens is 2. The molecule has 0 radical (unpaired) electrons. The predicted molar refractivity (Wildman–Crippen MR) is 71.9 cm³/mol. The van der Waals surface area contributed by atoms with Crippen LogP contribution in [0.5, 0.6) is 0 Å². The molecule has 0 aliphatic rings. The third-order valence-electron chi connectivity index (χ3n) is 2.95. The van der Waals surface area contributed by atoms with Crippen molar-refractivity contribution < 1.29 is 4.79 Å². The van der Waals surface area contributed by atoms with E-state index in [1.807, 2.05) is 39.8 Å². The van der Waals surface area contributed by atoms with E-state index in [0.29, 0.717) is 5.69 Å². The molecule has 0 saturated carbocycles. The zero-order valence-electron chi connectivity index (χ0n) is 11.1. The summed E-state index contributed by atoms with van der Waals surface area (Å²) in [5, 5.41) is 9.71. The quantitative estimate of drug-likeness (QED) is 0.852. The number of nitrogens with one attached hydrogen (secondary N) is 2. The Morgan fingerprint density at radius 3 is 2.22 bits per heavy atom. The van der Waals surface area contributed by atoms with Gasteiger partial charge in [0.1, 0.15) is 0 Å². The molecule has 0 bridgehead atoms. The summed E-state index contributed by atoms with van der Waals surface area (Å²) in [6, 6.07) is 5.96. The van der Waals surface area contributed by atoms with Gasteiger partial charge in [0.15, 0.2) is 5.69 Å². The number of hydrogen-bond donors (Lipinski definition) is 2. The van der Waals surface area contributed by atoms with E-state index in [2.05, 4.69) is 21.6 Å². The van der Waals surface area contributed by atoms with E-state index in [9.17, 15) is 4.79 Å². The number of H-pyrrole nitrogens is 1. The first-order valence-corrected chi connectivity index (χ1v) is 5.88. The first-order chi connectivity index (χ1) is 8.47. The van der Waals surface area contributed by atoms with E-state index in [4.69, 9.17) is 0 Å². The summed E-state index contributed by atoms with van der Waals surface area (Å²) in [4.78, 5) is 12.1. The molecule has 0 spiro atoms. The van der Waals surface area contributed by atoms with E-state index in [-0.39, 0.29) is 5.91 Å². The molecule has 18 heavy (non-hydrogen) atoms. The molecule has 0 aliphatic carbocycles. The number of amides is 1. The summed E-state index contributed by atoms with van der Waals surface area (Å²) in [6.45, 7) is 7.80. The minimum Gasteiger partial charge on any atom is -0.321 e. The van der Waals surface area contributed by atoms with Crippen molar-refractivity contribution in [2.75, 3.05) is 5.32 Å². The van der Waals surface area contributed by atoms with Crippen molar-refractivity contribution in [3.8, 4) is 0 Å². The Balaban J connectivity index is 2.24. The molecule has 0 aliphatic heterocycles. The molecule has 94 valence electrons. The normalized spacial score (nSPS) is 10.4. The zero-order chi connectivity index (χ0) is 13.3. The Morgan fingerprint density at radius 1 is 1.11 bits per heavy atom. The SMILES string of the molecule is Cc1cc(C)cc(NC(=O)c2n[nH]c(C)c2C)c1. The highest BCUT2D eigenvalue weighted by atomic mass is 16.1. The molecule has 1 aromatic carbocycles. The van der Waals surface area contributed by atoms with Crippen LogP contribution in [0.25, 0.3) is 0 Å². The number of benzene rings is 1. The molecule has 2 aromatic rings. The molecule has 0 unspecified atom stereocenters. The van der Waals surface area contributed by atoms with Crippen LogP contribution in [-0.4, -0.2) is 16.1 Å². The maximum Gasteiger partial charge on any atom is 0.276 e. The molecule has 4 nitrogen and oxygen atoms in total. The Bertz CT molecular complexity index is 579. The standard InChI is InChI=1S/C14H17N3O/c1-8-5-9(2)7-12(6-8)15-14(18)13-10(3)11(4)16-17-13/h5-7H,1-4H3,(H,15,18)(H,16,17). The van der Waals surface area contributed by atoms with Gasteiger partial charge in [-0.15, -0.1) is 0 Å². The van der Waals surface area contributed by atoms with Gasteiger partial charge >= 0.3 is 0 Å². The highest BCUT2D eigenvalue weighted by Gasteiger charge is 2.14. The van der Waals surface area contributed by atoms with Gasteiger partial charge in [-0.3, -0.25) is 9.89 Å². The van der Waals surface area contributed by atoms with Crippen LogP contribution >= 0.6 is 0 Å². The van der Waals surface area contributed by atoms with E-state index >= 15 is 0 Å². The van der Waals surface area contributed by atoms with Crippen LogP contribution in [0.4, 0.5) is 5.69 Å². The number of carbonyl (C=O) groups excluding carboxylic acids is 1. The summed E-state index contributed by atoms with van der Waals surface area (Å²) in [5.74, 6) is -0.179. The van der Waals surface area contributed by atoms with Crippen LogP contribution in [0.3, 0.4) is 0 Å². The molecule has 0 saturated heterocycles. The molecule has 1 aromatic heterocycles. The van der Waals surface area contributed by atoms with Crippen molar-refractivity contribution in [2.45, 2.75) is 27.7 Å². The van der Waals surface area contributed by atoms with Crippen LogP contribution in [0, 0.1) is 27.7 Å². The van der Waals surface area contributed by atoms with Crippen LogP contribution in [0.1, 0.15) is 32.9 Å². The molecule has 2 rings (SSSR count). The molecule has 1 amide bonds. The fourth-order valence-electron chi connectivity index (χ4n) is 1.94. The lowest BCUT2D eigenvalue weighted by molar-refractivity contribution is 0.102. The molecular formula is C14H17N3O. The van der Waals surface area contributed by atoms with Gasteiger partial charge in [-0.25, -0.2) is 0 Å². The van der Waals surface area contributed by atoms with Crippen LogP contribution in [0.15, 0.2) is 18.2 Å². The average Bonchev–Trinajstić information content (AvgIpc) is 2.58. The number of rotatable bonds is 2. The van der Waals surface area contributed by atoms with Crippen molar-refractivity contribution in [3.63, 3.8) is 0 Å². The van der Waals surface area contributed by atoms with E-state index < -0.39 is 0 Å². The largest absolute Gasteiger partial charge is 0.321 e. The number of carbonyl (C=O) groups is 1. The van der Waals surface area contributed by atoms with Gasteiger partial charge in [0.25, 0.3) is 5.91 Å². The molecule has 4 heteroatoms. The van der Waals surface area contributed by atoms with E-state index in [1.165, 1.54) is 0 Å². The number of aryl methyl sites for hydroxylation is 3. The lowest BCUT2D eigenvalue weighted by atomic mass is 10.1. The van der Waals surface area contributed by atoms with E-state index in [1.54, 1.807) is 0 Å². The van der Waals surface area contributed by atoms with Gasteiger partial charge in [-0.2, -0.15) is 5.10 Å². The Kier molecular flexibility index (Phi) is 3.19. The summed E-state index contributed by atoms with van der Waals surface area (Å²) in [6.07, 6.45) is 0. The van der Waals surface area contributed by atoms with Gasteiger partial charge in [0.05, 0.1) is 0 Å². The first-order valence-electron chi connectivity index (χ1n) is 5.88. The molecule has 0 atom stereocenters. The number of anilines is 1. The Labute approximate surface area is 106 Å². The fourth-order valence-corrected chi connectivity index (χ4v) is 1.94. The van der Waals surface area contributed by atoms with Crippen LogP contribution < -0.4 is 5.32 Å². The second kappa shape index (κ2) is 4.64. The second-order valence-corrected chi connectivity index (χ2v) is 4.65. The topological polar surface area (TPSA) is 57.8 Å².